The number of fused-ring (bicyclic) bond motifs is 1. The highest BCUT2D eigenvalue weighted by molar-refractivity contribution is 6.36. The topological polar surface area (TPSA) is 177 Å². The first kappa shape index (κ1) is 29.4. The van der Waals surface area contributed by atoms with E-state index in [1.807, 2.05) is 20.8 Å². The number of nitrogens with zero attached hydrogens (tertiary/aromatic N) is 1. The first-order valence-electron chi connectivity index (χ1n) is 13.2. The maximum Gasteiger partial charge on any atom is 0.325 e. The molecule has 1 saturated heterocycles. The molecule has 3 rings (SSSR count). The van der Waals surface area contributed by atoms with Crippen LogP contribution in [0, 0.1) is 28.6 Å². The van der Waals surface area contributed by atoms with Crippen LogP contribution in [0.25, 0.3) is 0 Å². The molecule has 2 aliphatic carbocycles. The number of nitrogens with one attached hydrogen (secondary N) is 3. The SMILES string of the molecule is C[C@@H]1CCCC1OC(=O)CNC(=O)N[C@H](C(=O)N1C[C@H]2[C@@H]([C@H]1C(=O)NCC(=O)C(N)=O)C2(C)C)C(C)(C)C. The van der Waals surface area contributed by atoms with Crippen molar-refractivity contribution in [2.75, 3.05) is 19.6 Å². The van der Waals surface area contributed by atoms with Gasteiger partial charge in [0.25, 0.3) is 5.91 Å². The van der Waals surface area contributed by atoms with E-state index in [2.05, 4.69) is 16.0 Å². The highest BCUT2D eigenvalue weighted by Crippen LogP contribution is 2.65. The van der Waals surface area contributed by atoms with Crippen LogP contribution in [0.15, 0.2) is 0 Å². The van der Waals surface area contributed by atoms with Gasteiger partial charge in [-0.15, -0.1) is 0 Å². The molecule has 0 radical (unpaired) electrons. The summed E-state index contributed by atoms with van der Waals surface area (Å²) >= 11 is 0. The van der Waals surface area contributed by atoms with Crippen LogP contribution in [-0.4, -0.2) is 78.2 Å². The van der Waals surface area contributed by atoms with Crippen molar-refractivity contribution in [1.82, 2.24) is 20.9 Å². The van der Waals surface area contributed by atoms with Crippen molar-refractivity contribution in [3.63, 3.8) is 0 Å². The predicted octanol–water partition coefficient (Wildman–Crippen LogP) is 0.0857. The Kier molecular flexibility index (Phi) is 8.42. The summed E-state index contributed by atoms with van der Waals surface area (Å²) in [5.74, 6) is -3.39. The second kappa shape index (κ2) is 10.9. The maximum absolute atomic E-state index is 13.7. The zero-order valence-electron chi connectivity index (χ0n) is 23.1. The number of amides is 5. The number of Topliss-reactive ketones (excluding diaryl/α,β-unsaturated/α-hetero) is 1. The molecule has 6 atom stereocenters. The molecular formula is C26H41N5O7. The van der Waals surface area contributed by atoms with E-state index in [1.165, 1.54) is 4.90 Å². The lowest BCUT2D eigenvalue weighted by atomic mass is 9.85. The number of hydrogen-bond donors (Lipinski definition) is 4. The first-order valence-corrected chi connectivity index (χ1v) is 13.2. The Bertz CT molecular complexity index is 1000. The molecular weight excluding hydrogens is 494 g/mol. The van der Waals surface area contributed by atoms with Crippen molar-refractivity contribution in [1.29, 1.82) is 0 Å². The summed E-state index contributed by atoms with van der Waals surface area (Å²) in [7, 11) is 0. The summed E-state index contributed by atoms with van der Waals surface area (Å²) in [6.07, 6.45) is 2.65. The van der Waals surface area contributed by atoms with E-state index in [4.69, 9.17) is 10.5 Å². The van der Waals surface area contributed by atoms with E-state index in [9.17, 15) is 28.8 Å². The predicted molar refractivity (Wildman–Crippen MR) is 136 cm³/mol. The standard InChI is InChI=1S/C26H41N5O7/c1-13-8-7-9-16(13)38-17(33)11-29-24(37)30-20(25(2,3)4)23(36)31-12-14-18(26(14,5)6)19(31)22(35)28-10-15(32)21(27)34/h13-14,16,18-20H,7-12H2,1-6H3,(H2,27,34)(H,28,35)(H2,29,30,37)/t13-,14+,16?,18+,19+,20-/m1/s1. The molecule has 38 heavy (non-hydrogen) atoms. The highest BCUT2D eigenvalue weighted by Gasteiger charge is 2.69. The van der Waals surface area contributed by atoms with Crippen LogP contribution in [0.5, 0.6) is 0 Å². The second-order valence-corrected chi connectivity index (χ2v) is 12.5. The van der Waals surface area contributed by atoms with E-state index in [0.29, 0.717) is 6.54 Å². The maximum atomic E-state index is 13.7. The van der Waals surface area contributed by atoms with Gasteiger partial charge < -0.3 is 31.3 Å². The first-order chi connectivity index (χ1) is 17.6. The number of carbonyl (C=O) groups excluding carboxylic acids is 6. The number of carbonyl (C=O) groups is 6. The normalized spacial score (nSPS) is 28.1. The van der Waals surface area contributed by atoms with Crippen LogP contribution in [0.4, 0.5) is 4.79 Å². The van der Waals surface area contributed by atoms with Crippen molar-refractivity contribution in [3.8, 4) is 0 Å². The fourth-order valence-electron chi connectivity index (χ4n) is 5.82. The molecule has 212 valence electrons. The Morgan fingerprint density at radius 3 is 2.26 bits per heavy atom. The van der Waals surface area contributed by atoms with Gasteiger partial charge in [0.1, 0.15) is 24.7 Å². The zero-order valence-corrected chi connectivity index (χ0v) is 23.1. The van der Waals surface area contributed by atoms with Crippen LogP contribution in [0.1, 0.15) is 60.8 Å². The average molecular weight is 536 g/mol. The molecule has 3 fully saturated rings. The smallest absolute Gasteiger partial charge is 0.325 e. The van der Waals surface area contributed by atoms with Crippen molar-refractivity contribution in [3.05, 3.63) is 0 Å². The van der Waals surface area contributed by atoms with E-state index in [0.717, 1.165) is 19.3 Å². The molecule has 0 bridgehead atoms. The van der Waals surface area contributed by atoms with E-state index < -0.39 is 59.5 Å². The van der Waals surface area contributed by atoms with Crippen LogP contribution < -0.4 is 21.7 Å². The monoisotopic (exact) mass is 535 g/mol. The van der Waals surface area contributed by atoms with Gasteiger partial charge >= 0.3 is 12.0 Å². The summed E-state index contributed by atoms with van der Waals surface area (Å²) in [5, 5.41) is 7.58. The fourth-order valence-corrected chi connectivity index (χ4v) is 5.82. The number of hydrogen-bond acceptors (Lipinski definition) is 7. The Morgan fingerprint density at radius 1 is 1.05 bits per heavy atom. The molecule has 0 aromatic rings. The molecule has 0 spiro atoms. The third-order valence-corrected chi connectivity index (χ3v) is 8.31. The molecule has 2 saturated carbocycles. The van der Waals surface area contributed by atoms with Gasteiger partial charge in [0.15, 0.2) is 0 Å². The number of piperidine rings is 1. The lowest BCUT2D eigenvalue weighted by molar-refractivity contribution is -0.149. The number of urea groups is 1. The van der Waals surface area contributed by atoms with Crippen LogP contribution >= 0.6 is 0 Å². The summed E-state index contributed by atoms with van der Waals surface area (Å²) in [6, 6.07) is -2.56. The largest absolute Gasteiger partial charge is 0.461 e. The Balaban J connectivity index is 1.65. The highest BCUT2D eigenvalue weighted by atomic mass is 16.5. The lowest BCUT2D eigenvalue weighted by Gasteiger charge is -2.37. The number of likely N-dealkylation sites (tertiary alicyclic amines) is 1. The van der Waals surface area contributed by atoms with Gasteiger partial charge in [-0.05, 0) is 47.8 Å². The van der Waals surface area contributed by atoms with Crippen molar-refractivity contribution in [2.45, 2.75) is 79.0 Å². The van der Waals surface area contributed by atoms with Gasteiger partial charge in [0, 0.05) is 6.54 Å². The number of ether oxygens (including phenoxy) is 1. The van der Waals surface area contributed by atoms with Gasteiger partial charge in [-0.3, -0.25) is 24.0 Å². The van der Waals surface area contributed by atoms with Crippen molar-refractivity contribution in [2.24, 2.45) is 34.3 Å². The molecule has 0 aromatic heterocycles. The molecule has 1 heterocycles. The summed E-state index contributed by atoms with van der Waals surface area (Å²) in [6.45, 7) is 10.8. The Morgan fingerprint density at radius 2 is 1.71 bits per heavy atom. The van der Waals surface area contributed by atoms with Gasteiger partial charge in [-0.2, -0.15) is 0 Å². The zero-order chi connectivity index (χ0) is 28.6. The second-order valence-electron chi connectivity index (χ2n) is 12.5. The van der Waals surface area contributed by atoms with Crippen LogP contribution in [0.2, 0.25) is 0 Å². The van der Waals surface area contributed by atoms with Gasteiger partial charge in [0.05, 0.1) is 6.54 Å². The molecule has 12 nitrogen and oxygen atoms in total. The minimum absolute atomic E-state index is 0.0798. The van der Waals surface area contributed by atoms with E-state index >= 15 is 0 Å². The molecule has 12 heteroatoms. The van der Waals surface area contributed by atoms with E-state index in [-0.39, 0.29) is 35.8 Å². The number of ketones is 1. The van der Waals surface area contributed by atoms with Crippen molar-refractivity contribution >= 4 is 35.5 Å². The quantitative estimate of drug-likeness (QED) is 0.239. The number of primary amides is 1. The van der Waals surface area contributed by atoms with E-state index in [1.54, 1.807) is 20.8 Å². The molecule has 3 aliphatic rings. The molecule has 5 amide bonds. The molecule has 5 N–H and O–H groups in total. The summed E-state index contributed by atoms with van der Waals surface area (Å²) in [4.78, 5) is 75.9. The van der Waals surface area contributed by atoms with Gasteiger partial charge in [0.2, 0.25) is 17.6 Å². The van der Waals surface area contributed by atoms with Gasteiger partial charge in [-0.25, -0.2) is 4.79 Å². The van der Waals surface area contributed by atoms with Crippen molar-refractivity contribution < 1.29 is 33.5 Å². The van der Waals surface area contributed by atoms with Gasteiger partial charge in [-0.1, -0.05) is 41.5 Å². The number of esters is 1. The summed E-state index contributed by atoms with van der Waals surface area (Å²) < 4.78 is 5.45. The average Bonchev–Trinajstić information content (AvgIpc) is 3.17. The Labute approximate surface area is 223 Å². The Hall–Kier alpha value is -3.18. The lowest BCUT2D eigenvalue weighted by Crippen LogP contribution is -2.60. The minimum atomic E-state index is -1.15. The molecule has 0 aromatic carbocycles. The third-order valence-electron chi connectivity index (χ3n) is 8.31. The number of rotatable bonds is 9. The van der Waals surface area contributed by atoms with Crippen LogP contribution in [-0.2, 0) is 28.7 Å². The fraction of sp³-hybridized carbons (Fsp3) is 0.769. The minimum Gasteiger partial charge on any atom is -0.461 e. The number of nitrogens with two attached hydrogens (primary N) is 1. The molecule has 1 aliphatic heterocycles. The molecule has 1 unspecified atom stereocenters. The summed E-state index contributed by atoms with van der Waals surface area (Å²) in [5.41, 5.74) is 4.08. The third kappa shape index (κ3) is 6.27. The van der Waals surface area contributed by atoms with Crippen LogP contribution in [0.3, 0.4) is 0 Å².